The van der Waals surface area contributed by atoms with Crippen LogP contribution in [-0.2, 0) is 17.4 Å². The van der Waals surface area contributed by atoms with Crippen LogP contribution >= 0.6 is 11.6 Å². The summed E-state index contributed by atoms with van der Waals surface area (Å²) in [6.07, 6.45) is 3.27. The van der Waals surface area contributed by atoms with Gasteiger partial charge in [-0.2, -0.15) is 0 Å². The Kier molecular flexibility index (Phi) is 4.41. The van der Waals surface area contributed by atoms with Crippen molar-refractivity contribution in [3.05, 3.63) is 34.3 Å². The highest BCUT2D eigenvalue weighted by Gasteiger charge is 2.47. The van der Waals surface area contributed by atoms with E-state index in [0.717, 1.165) is 37.4 Å². The summed E-state index contributed by atoms with van der Waals surface area (Å²) in [5.74, 6) is 0. The van der Waals surface area contributed by atoms with Gasteiger partial charge in [0.25, 0.3) is 0 Å². The molecule has 3 nitrogen and oxygen atoms in total. The van der Waals surface area contributed by atoms with Gasteiger partial charge >= 0.3 is 0 Å². The summed E-state index contributed by atoms with van der Waals surface area (Å²) in [6.45, 7) is 8.10. The maximum atomic E-state index is 12.7. The summed E-state index contributed by atoms with van der Waals surface area (Å²) in [4.78, 5) is 0. The minimum Gasteiger partial charge on any atom is -0.317 e. The van der Waals surface area contributed by atoms with Crippen LogP contribution in [0.15, 0.2) is 18.2 Å². The first kappa shape index (κ1) is 16.4. The topological polar surface area (TPSA) is 41.1 Å². The molecule has 1 heterocycles. The van der Waals surface area contributed by atoms with Crippen LogP contribution in [0.5, 0.6) is 0 Å². The van der Waals surface area contributed by atoms with Gasteiger partial charge in [-0.05, 0) is 81.8 Å². The Labute approximate surface area is 140 Å². The van der Waals surface area contributed by atoms with E-state index in [1.807, 2.05) is 26.8 Å². The van der Waals surface area contributed by atoms with Crippen molar-refractivity contribution in [1.29, 1.82) is 0 Å². The number of halogens is 1. The van der Waals surface area contributed by atoms with Gasteiger partial charge in [0.15, 0.2) is 0 Å². The molecule has 2 atom stereocenters. The number of piperidine rings is 1. The Morgan fingerprint density at radius 1 is 1.32 bits per heavy atom. The van der Waals surface area contributed by atoms with Crippen LogP contribution in [0.25, 0.3) is 0 Å². The molecule has 1 spiro atoms. The molecule has 0 unspecified atom stereocenters. The Morgan fingerprint density at radius 2 is 2.00 bits per heavy atom. The molecule has 2 N–H and O–H groups in total. The second kappa shape index (κ2) is 5.90. The average Bonchev–Trinajstić information content (AvgIpc) is 2.72. The average molecular weight is 341 g/mol. The van der Waals surface area contributed by atoms with Crippen LogP contribution in [0.1, 0.15) is 50.8 Å². The SMILES string of the molecule is CC(C)(C)[S@@](=O)N[C@@H]1c2cc(Cl)ccc2CC12CCNCC2. The maximum absolute atomic E-state index is 12.7. The molecule has 2 aliphatic rings. The van der Waals surface area contributed by atoms with Gasteiger partial charge in [-0.15, -0.1) is 0 Å². The molecule has 5 heteroatoms. The van der Waals surface area contributed by atoms with Crippen LogP contribution in [0.3, 0.4) is 0 Å². The molecule has 122 valence electrons. The molecule has 3 rings (SSSR count). The highest BCUT2D eigenvalue weighted by molar-refractivity contribution is 7.84. The van der Waals surface area contributed by atoms with Gasteiger partial charge in [-0.3, -0.25) is 0 Å². The number of nitrogens with one attached hydrogen (secondary N) is 2. The standard InChI is InChI=1S/C17H25ClN2OS/c1-16(2,3)22(21)20-15-14-10-13(18)5-4-12(14)11-17(15)6-8-19-9-7-17/h4-5,10,15,19-20H,6-9,11H2,1-3H3/t15-,22-/m1/s1. The minimum absolute atomic E-state index is 0.128. The van der Waals surface area contributed by atoms with Crippen molar-refractivity contribution in [2.24, 2.45) is 5.41 Å². The lowest BCUT2D eigenvalue weighted by Crippen LogP contribution is -2.46. The Bertz CT molecular complexity index is 591. The molecule has 0 bridgehead atoms. The number of benzene rings is 1. The van der Waals surface area contributed by atoms with Gasteiger partial charge < -0.3 is 5.32 Å². The Balaban J connectivity index is 1.97. The summed E-state index contributed by atoms with van der Waals surface area (Å²) >= 11 is 6.23. The maximum Gasteiger partial charge on any atom is 0.0976 e. The van der Waals surface area contributed by atoms with E-state index in [1.165, 1.54) is 11.1 Å². The van der Waals surface area contributed by atoms with E-state index in [-0.39, 0.29) is 16.2 Å². The highest BCUT2D eigenvalue weighted by atomic mass is 35.5. The van der Waals surface area contributed by atoms with Crippen molar-refractivity contribution in [2.75, 3.05) is 13.1 Å². The van der Waals surface area contributed by atoms with Crippen LogP contribution < -0.4 is 10.0 Å². The summed E-state index contributed by atoms with van der Waals surface area (Å²) < 4.78 is 15.9. The molecular formula is C17H25ClN2OS. The predicted octanol–water partition coefficient (Wildman–Crippen LogP) is 3.36. The predicted molar refractivity (Wildman–Crippen MR) is 93.5 cm³/mol. The van der Waals surface area contributed by atoms with Gasteiger partial charge in [-0.25, -0.2) is 8.93 Å². The molecule has 1 saturated heterocycles. The van der Waals surface area contributed by atoms with Gasteiger partial charge in [-0.1, -0.05) is 17.7 Å². The first-order valence-corrected chi connectivity index (χ1v) is 9.52. The molecule has 0 radical (unpaired) electrons. The Hall–Kier alpha value is -0.420. The van der Waals surface area contributed by atoms with E-state index in [9.17, 15) is 4.21 Å². The molecule has 1 aromatic rings. The molecule has 0 saturated carbocycles. The highest BCUT2D eigenvalue weighted by Crippen LogP contribution is 2.51. The van der Waals surface area contributed by atoms with E-state index in [0.29, 0.717) is 0 Å². The van der Waals surface area contributed by atoms with Crippen molar-refractivity contribution in [2.45, 2.75) is 50.8 Å². The fraction of sp³-hybridized carbons (Fsp3) is 0.647. The second-order valence-corrected chi connectivity index (χ2v) is 10.00. The van der Waals surface area contributed by atoms with E-state index in [4.69, 9.17) is 11.6 Å². The lowest BCUT2D eigenvalue weighted by molar-refractivity contribution is 0.165. The van der Waals surface area contributed by atoms with Crippen molar-refractivity contribution in [1.82, 2.24) is 10.0 Å². The van der Waals surface area contributed by atoms with Crippen molar-refractivity contribution >= 4 is 22.6 Å². The monoisotopic (exact) mass is 340 g/mol. The van der Waals surface area contributed by atoms with Crippen LogP contribution in [0, 0.1) is 5.41 Å². The largest absolute Gasteiger partial charge is 0.317 e. The van der Waals surface area contributed by atoms with E-state index >= 15 is 0 Å². The van der Waals surface area contributed by atoms with Crippen LogP contribution in [-0.4, -0.2) is 22.0 Å². The van der Waals surface area contributed by atoms with Gasteiger partial charge in [0, 0.05) is 5.02 Å². The van der Waals surface area contributed by atoms with Gasteiger partial charge in [0.2, 0.25) is 0 Å². The lowest BCUT2D eigenvalue weighted by atomic mass is 9.73. The normalized spacial score (nSPS) is 25.2. The smallest absolute Gasteiger partial charge is 0.0976 e. The molecule has 0 aromatic heterocycles. The van der Waals surface area contributed by atoms with E-state index in [2.05, 4.69) is 22.2 Å². The third-order valence-corrected chi connectivity index (χ3v) is 6.75. The van der Waals surface area contributed by atoms with Gasteiger partial charge in [0.05, 0.1) is 21.8 Å². The summed E-state index contributed by atoms with van der Waals surface area (Å²) in [5, 5.41) is 4.21. The summed E-state index contributed by atoms with van der Waals surface area (Å²) in [7, 11) is -1.08. The summed E-state index contributed by atoms with van der Waals surface area (Å²) in [5.41, 5.74) is 2.76. The van der Waals surface area contributed by atoms with E-state index < -0.39 is 11.0 Å². The molecule has 0 amide bonds. The fourth-order valence-electron chi connectivity index (χ4n) is 3.67. The van der Waals surface area contributed by atoms with Crippen molar-refractivity contribution < 1.29 is 4.21 Å². The number of hydrogen-bond acceptors (Lipinski definition) is 2. The molecule has 22 heavy (non-hydrogen) atoms. The molecule has 1 fully saturated rings. The molecule has 1 aromatic carbocycles. The van der Waals surface area contributed by atoms with Crippen LogP contribution in [0.4, 0.5) is 0 Å². The minimum atomic E-state index is -1.08. The van der Waals surface area contributed by atoms with E-state index in [1.54, 1.807) is 0 Å². The molecule has 1 aliphatic carbocycles. The van der Waals surface area contributed by atoms with Crippen molar-refractivity contribution in [3.8, 4) is 0 Å². The van der Waals surface area contributed by atoms with Crippen LogP contribution in [0.2, 0.25) is 5.02 Å². The third kappa shape index (κ3) is 2.99. The molecular weight excluding hydrogens is 316 g/mol. The zero-order valence-corrected chi connectivity index (χ0v) is 15.1. The number of rotatable bonds is 2. The van der Waals surface area contributed by atoms with Gasteiger partial charge in [0.1, 0.15) is 0 Å². The number of hydrogen-bond donors (Lipinski definition) is 2. The zero-order valence-electron chi connectivity index (χ0n) is 13.5. The Morgan fingerprint density at radius 3 is 2.64 bits per heavy atom. The third-order valence-electron chi connectivity index (χ3n) is 4.95. The quantitative estimate of drug-likeness (QED) is 0.866. The summed E-state index contributed by atoms with van der Waals surface area (Å²) in [6, 6.07) is 6.30. The molecule has 1 aliphatic heterocycles. The van der Waals surface area contributed by atoms with Crippen molar-refractivity contribution in [3.63, 3.8) is 0 Å². The number of fused-ring (bicyclic) bond motifs is 1. The second-order valence-electron chi connectivity index (χ2n) is 7.56. The lowest BCUT2D eigenvalue weighted by Gasteiger charge is -2.40. The first-order valence-electron chi connectivity index (χ1n) is 7.99. The zero-order chi connectivity index (χ0) is 16.0. The first-order chi connectivity index (χ1) is 10.3. The fourth-order valence-corrected chi connectivity index (χ4v) is 4.79.